The van der Waals surface area contributed by atoms with E-state index in [2.05, 4.69) is 41.5 Å². The Bertz CT molecular complexity index is 497. The van der Waals surface area contributed by atoms with Gasteiger partial charge in [0.05, 0.1) is 5.69 Å². The molecule has 1 aromatic carbocycles. The lowest BCUT2D eigenvalue weighted by atomic mass is 10.0. The summed E-state index contributed by atoms with van der Waals surface area (Å²) in [6.45, 7) is 4.26. The van der Waals surface area contributed by atoms with Crippen LogP contribution in [0.5, 0.6) is 0 Å². The van der Waals surface area contributed by atoms with Gasteiger partial charge in [-0.2, -0.15) is 0 Å². The van der Waals surface area contributed by atoms with E-state index in [0.29, 0.717) is 5.92 Å². The van der Waals surface area contributed by atoms with Crippen LogP contribution < -0.4 is 5.32 Å². The highest BCUT2D eigenvalue weighted by Crippen LogP contribution is 2.26. The maximum absolute atomic E-state index is 4.78. The van der Waals surface area contributed by atoms with E-state index in [0.717, 1.165) is 31.0 Å². The van der Waals surface area contributed by atoms with Crippen LogP contribution in [0.15, 0.2) is 30.3 Å². The predicted molar refractivity (Wildman–Crippen MR) is 69.0 cm³/mol. The van der Waals surface area contributed by atoms with Gasteiger partial charge in [0.2, 0.25) is 0 Å². The first-order valence-corrected chi connectivity index (χ1v) is 6.23. The van der Waals surface area contributed by atoms with E-state index < -0.39 is 0 Å². The molecule has 1 aliphatic rings. The van der Waals surface area contributed by atoms with Crippen molar-refractivity contribution in [1.82, 2.24) is 15.3 Å². The monoisotopic (exact) mass is 227 g/mol. The number of hydrogen-bond donors (Lipinski definition) is 2. The van der Waals surface area contributed by atoms with Crippen molar-refractivity contribution in [3.05, 3.63) is 41.9 Å². The van der Waals surface area contributed by atoms with Crippen molar-refractivity contribution in [2.75, 3.05) is 13.1 Å². The van der Waals surface area contributed by atoms with Crippen molar-refractivity contribution in [3.63, 3.8) is 0 Å². The normalized spacial score (nSPS) is 15.8. The zero-order valence-electron chi connectivity index (χ0n) is 10.0. The van der Waals surface area contributed by atoms with Crippen LogP contribution in [0.2, 0.25) is 0 Å². The van der Waals surface area contributed by atoms with E-state index >= 15 is 0 Å². The second-order valence-electron chi connectivity index (χ2n) is 4.52. The molecule has 3 nitrogen and oxygen atoms in total. The Labute approximate surface area is 101 Å². The number of rotatable bonds is 3. The van der Waals surface area contributed by atoms with E-state index in [1.165, 1.54) is 11.3 Å². The second kappa shape index (κ2) is 4.34. The molecule has 1 aromatic heterocycles. The standard InChI is InChI=1S/C14H17N3/c1-2-12-13(10-6-4-3-5-7-10)17-14(16-12)11-8-15-9-11/h3-7,11,15H,2,8-9H2,1H3,(H,16,17). The van der Waals surface area contributed by atoms with Crippen molar-refractivity contribution in [2.45, 2.75) is 19.3 Å². The van der Waals surface area contributed by atoms with Crippen LogP contribution in [0.3, 0.4) is 0 Å². The number of aryl methyl sites for hydroxylation is 1. The molecule has 0 saturated carbocycles. The van der Waals surface area contributed by atoms with Crippen molar-refractivity contribution in [2.24, 2.45) is 0 Å². The lowest BCUT2D eigenvalue weighted by molar-refractivity contribution is 0.432. The van der Waals surface area contributed by atoms with Gasteiger partial charge in [-0.3, -0.25) is 0 Å². The van der Waals surface area contributed by atoms with Crippen LogP contribution in [0.1, 0.15) is 24.4 Å². The quantitative estimate of drug-likeness (QED) is 0.845. The summed E-state index contributed by atoms with van der Waals surface area (Å²) in [5.74, 6) is 1.71. The third kappa shape index (κ3) is 1.87. The average molecular weight is 227 g/mol. The van der Waals surface area contributed by atoms with Crippen LogP contribution in [0.25, 0.3) is 11.3 Å². The molecule has 2 N–H and O–H groups in total. The van der Waals surface area contributed by atoms with Crippen LogP contribution >= 0.6 is 0 Å². The summed E-state index contributed by atoms with van der Waals surface area (Å²) in [6, 6.07) is 10.4. The van der Waals surface area contributed by atoms with Crippen LogP contribution in [-0.2, 0) is 6.42 Å². The minimum absolute atomic E-state index is 0.567. The van der Waals surface area contributed by atoms with Gasteiger partial charge in [-0.1, -0.05) is 37.3 Å². The maximum Gasteiger partial charge on any atom is 0.112 e. The average Bonchev–Trinajstić information content (AvgIpc) is 2.72. The number of H-pyrrole nitrogens is 1. The highest BCUT2D eigenvalue weighted by Gasteiger charge is 2.23. The minimum Gasteiger partial charge on any atom is -0.345 e. The molecule has 1 fully saturated rings. The number of nitrogens with zero attached hydrogens (tertiary/aromatic N) is 1. The van der Waals surface area contributed by atoms with Crippen molar-refractivity contribution in [1.29, 1.82) is 0 Å². The summed E-state index contributed by atoms with van der Waals surface area (Å²) >= 11 is 0. The molecule has 0 spiro atoms. The molecular weight excluding hydrogens is 210 g/mol. The second-order valence-corrected chi connectivity index (χ2v) is 4.52. The molecule has 3 rings (SSSR count). The third-order valence-corrected chi connectivity index (χ3v) is 3.37. The Morgan fingerprint density at radius 3 is 2.59 bits per heavy atom. The number of imidazole rings is 1. The molecule has 0 radical (unpaired) electrons. The van der Waals surface area contributed by atoms with Crippen molar-refractivity contribution in [3.8, 4) is 11.3 Å². The molecule has 0 bridgehead atoms. The molecule has 0 unspecified atom stereocenters. The Kier molecular flexibility index (Phi) is 2.69. The van der Waals surface area contributed by atoms with Gasteiger partial charge in [0.1, 0.15) is 5.82 Å². The molecule has 0 amide bonds. The lowest BCUT2D eigenvalue weighted by Gasteiger charge is -2.24. The lowest BCUT2D eigenvalue weighted by Crippen LogP contribution is -2.40. The summed E-state index contributed by atoms with van der Waals surface area (Å²) in [6.07, 6.45) is 0.997. The Morgan fingerprint density at radius 1 is 1.24 bits per heavy atom. The summed E-state index contributed by atoms with van der Waals surface area (Å²) in [5, 5.41) is 3.29. The summed E-state index contributed by atoms with van der Waals surface area (Å²) in [4.78, 5) is 8.26. The van der Waals surface area contributed by atoms with E-state index in [9.17, 15) is 0 Å². The van der Waals surface area contributed by atoms with Crippen LogP contribution in [-0.4, -0.2) is 23.1 Å². The molecule has 17 heavy (non-hydrogen) atoms. The molecule has 2 aromatic rings. The number of aromatic amines is 1. The first kappa shape index (κ1) is 10.5. The molecule has 88 valence electrons. The number of hydrogen-bond acceptors (Lipinski definition) is 2. The molecule has 0 aliphatic carbocycles. The molecule has 1 saturated heterocycles. The van der Waals surface area contributed by atoms with Gasteiger partial charge in [-0.05, 0) is 6.42 Å². The highest BCUT2D eigenvalue weighted by molar-refractivity contribution is 5.62. The van der Waals surface area contributed by atoms with Gasteiger partial charge in [0, 0.05) is 30.3 Å². The Morgan fingerprint density at radius 2 is 2.00 bits per heavy atom. The van der Waals surface area contributed by atoms with E-state index in [1.807, 2.05) is 6.07 Å². The zero-order chi connectivity index (χ0) is 11.7. The number of nitrogens with one attached hydrogen (secondary N) is 2. The van der Waals surface area contributed by atoms with E-state index in [4.69, 9.17) is 4.98 Å². The van der Waals surface area contributed by atoms with E-state index in [1.54, 1.807) is 0 Å². The Hall–Kier alpha value is -1.61. The molecule has 1 aliphatic heterocycles. The molecular formula is C14H17N3. The number of benzene rings is 1. The summed E-state index contributed by atoms with van der Waals surface area (Å²) in [5.41, 5.74) is 3.58. The SMILES string of the molecule is CCc1[nH]c(C2CNC2)nc1-c1ccccc1. The van der Waals surface area contributed by atoms with Crippen molar-refractivity contribution < 1.29 is 0 Å². The topological polar surface area (TPSA) is 40.7 Å². The van der Waals surface area contributed by atoms with Crippen LogP contribution in [0.4, 0.5) is 0 Å². The largest absolute Gasteiger partial charge is 0.345 e. The van der Waals surface area contributed by atoms with Gasteiger partial charge in [-0.15, -0.1) is 0 Å². The van der Waals surface area contributed by atoms with Crippen LogP contribution in [0, 0.1) is 0 Å². The molecule has 3 heteroatoms. The summed E-state index contributed by atoms with van der Waals surface area (Å²) in [7, 11) is 0. The first-order chi connectivity index (χ1) is 8.38. The molecule has 0 atom stereocenters. The van der Waals surface area contributed by atoms with Gasteiger partial charge < -0.3 is 10.3 Å². The smallest absolute Gasteiger partial charge is 0.112 e. The fraction of sp³-hybridized carbons (Fsp3) is 0.357. The predicted octanol–water partition coefficient (Wildman–Crippen LogP) is 2.33. The van der Waals surface area contributed by atoms with E-state index in [-0.39, 0.29) is 0 Å². The Balaban J connectivity index is 2.00. The van der Waals surface area contributed by atoms with Gasteiger partial charge in [0.15, 0.2) is 0 Å². The first-order valence-electron chi connectivity index (χ1n) is 6.23. The fourth-order valence-electron chi connectivity index (χ4n) is 2.20. The minimum atomic E-state index is 0.567. The summed E-state index contributed by atoms with van der Waals surface area (Å²) < 4.78 is 0. The number of aromatic nitrogens is 2. The van der Waals surface area contributed by atoms with Gasteiger partial charge in [-0.25, -0.2) is 4.98 Å². The highest BCUT2D eigenvalue weighted by atomic mass is 15.0. The maximum atomic E-state index is 4.78. The fourth-order valence-corrected chi connectivity index (χ4v) is 2.20. The van der Waals surface area contributed by atoms with Crippen molar-refractivity contribution >= 4 is 0 Å². The van der Waals surface area contributed by atoms with Gasteiger partial charge in [0.25, 0.3) is 0 Å². The zero-order valence-corrected chi connectivity index (χ0v) is 10.0. The molecule has 2 heterocycles. The van der Waals surface area contributed by atoms with Gasteiger partial charge >= 0.3 is 0 Å². The third-order valence-electron chi connectivity index (χ3n) is 3.37.